The maximum Gasteiger partial charge on any atom is 0.413 e. The highest BCUT2D eigenvalue weighted by Crippen LogP contribution is 2.19. The highest BCUT2D eigenvalue weighted by atomic mass is 32.3. The van der Waals surface area contributed by atoms with Gasteiger partial charge in [-0.1, -0.05) is 0 Å². The van der Waals surface area contributed by atoms with Crippen LogP contribution in [0.15, 0.2) is 0 Å². The van der Waals surface area contributed by atoms with E-state index in [0.29, 0.717) is 0 Å². The molecule has 1 fully saturated rings. The first-order valence-corrected chi connectivity index (χ1v) is 8.64. The Bertz CT molecular complexity index is 586. The Morgan fingerprint density at radius 2 is 1.54 bits per heavy atom. The molecule has 1 amide bonds. The van der Waals surface area contributed by atoms with Gasteiger partial charge in [0.2, 0.25) is 5.91 Å². The fourth-order valence-corrected chi connectivity index (χ4v) is 2.47. The molecule has 0 aliphatic carbocycles. The molecule has 14 nitrogen and oxygen atoms in total. The van der Waals surface area contributed by atoms with Crippen LogP contribution in [0.3, 0.4) is 0 Å². The lowest BCUT2D eigenvalue weighted by Gasteiger charge is -2.40. The van der Waals surface area contributed by atoms with E-state index in [4.69, 9.17) is 18.9 Å². The summed E-state index contributed by atoms with van der Waals surface area (Å²) in [6, 6.07) is -1.10. The van der Waals surface area contributed by atoms with Gasteiger partial charge in [-0.25, -0.2) is 0 Å². The molecule has 0 radical (unpaired) electrons. The Kier molecular flexibility index (Phi) is 8.59. The number of carbonyl (C=O) groups excluding carboxylic acids is 1. The van der Waals surface area contributed by atoms with Gasteiger partial charge in [0.25, 0.3) is 0 Å². The van der Waals surface area contributed by atoms with Gasteiger partial charge in [0.05, 0.1) is 6.61 Å². The summed E-state index contributed by atoms with van der Waals surface area (Å²) in [6.07, 6.45) is -5.24. The van der Waals surface area contributed by atoms with Crippen molar-refractivity contribution >= 4 is 26.7 Å². The molecule has 1 unspecified atom stereocenters. The maximum absolute atomic E-state index is 10.7. The predicted molar refractivity (Wildman–Crippen MR) is 71.8 cm³/mol. The van der Waals surface area contributed by atoms with Crippen LogP contribution in [0, 0.1) is 0 Å². The van der Waals surface area contributed by atoms with E-state index in [1.54, 1.807) is 0 Å². The summed E-state index contributed by atoms with van der Waals surface area (Å²) >= 11 is 0. The van der Waals surface area contributed by atoms with Crippen molar-refractivity contribution in [2.75, 3.05) is 6.61 Å². The fourth-order valence-electron chi connectivity index (χ4n) is 1.60. The van der Waals surface area contributed by atoms with E-state index >= 15 is 0 Å². The van der Waals surface area contributed by atoms with Crippen molar-refractivity contribution in [2.45, 2.75) is 37.6 Å². The largest absolute Gasteiger partial charge is 0.413 e. The SMILES string of the molecule is CC(=O)N[C@H]1C(O)O[C@H](CO)[C@H](O)[C@@H]1O.O=S(=O)(O)OS(=O)(=O)O. The average Bonchev–Trinajstić information content (AvgIpc) is 2.35. The number of rotatable bonds is 4. The molecular weight excluding hydrogens is 382 g/mol. The lowest BCUT2D eigenvalue weighted by atomic mass is 9.97. The number of hydrogen-bond donors (Lipinski definition) is 7. The Hall–Kier alpha value is -0.950. The van der Waals surface area contributed by atoms with Crippen LogP contribution in [0.5, 0.6) is 0 Å². The Balaban J connectivity index is 0.000000506. The van der Waals surface area contributed by atoms with Crippen LogP contribution in [-0.2, 0) is 34.0 Å². The van der Waals surface area contributed by atoms with Gasteiger partial charge in [-0.05, 0) is 0 Å². The third kappa shape index (κ3) is 8.78. The Morgan fingerprint density at radius 3 is 1.83 bits per heavy atom. The normalized spacial score (nSPS) is 30.9. The lowest BCUT2D eigenvalue weighted by Crippen LogP contribution is -2.63. The van der Waals surface area contributed by atoms with Crippen LogP contribution < -0.4 is 5.32 Å². The number of amides is 1. The minimum absolute atomic E-state index is 0.462. The number of aliphatic hydroxyl groups excluding tert-OH is 4. The minimum atomic E-state index is -5.12. The van der Waals surface area contributed by atoms with Gasteiger partial charge in [-0.3, -0.25) is 13.9 Å². The molecule has 7 N–H and O–H groups in total. The number of carbonyl (C=O) groups is 1. The maximum atomic E-state index is 10.7. The van der Waals surface area contributed by atoms with Crippen molar-refractivity contribution in [3.05, 3.63) is 0 Å². The molecule has 0 aromatic heterocycles. The zero-order valence-corrected chi connectivity index (χ0v) is 13.6. The topological polar surface area (TPSA) is 237 Å². The minimum Gasteiger partial charge on any atom is -0.394 e. The highest BCUT2D eigenvalue weighted by Gasteiger charge is 2.43. The first kappa shape index (κ1) is 23.1. The molecule has 144 valence electrons. The van der Waals surface area contributed by atoms with E-state index < -0.39 is 64.0 Å². The molecular formula is C8H17NO13S2. The Morgan fingerprint density at radius 1 is 1.08 bits per heavy atom. The second-order valence-corrected chi connectivity index (χ2v) is 6.63. The smallest absolute Gasteiger partial charge is 0.394 e. The number of aliphatic hydroxyl groups is 4. The standard InChI is InChI=1S/C8H15NO6.H2O7S2/c1-3(11)9-5-7(13)6(12)4(2-10)15-8(5)14;1-8(2,3)7-9(4,5)6/h4-8,10,12-14H,2H2,1H3,(H,9,11);(H,1,2,3)(H,4,5,6)/t4-,5-,6+,7-,8?;/m1./s1. The van der Waals surface area contributed by atoms with Crippen molar-refractivity contribution in [1.29, 1.82) is 0 Å². The van der Waals surface area contributed by atoms with E-state index in [1.165, 1.54) is 6.92 Å². The average molecular weight is 399 g/mol. The molecule has 0 aromatic rings. The summed E-state index contributed by atoms with van der Waals surface area (Å²) in [5.41, 5.74) is 0. The van der Waals surface area contributed by atoms with Crippen molar-refractivity contribution < 1.29 is 59.5 Å². The zero-order chi connectivity index (χ0) is 19.3. The first-order valence-electron chi connectivity index (χ1n) is 5.91. The van der Waals surface area contributed by atoms with Gasteiger partial charge >= 0.3 is 20.8 Å². The zero-order valence-electron chi connectivity index (χ0n) is 12.0. The molecule has 1 rings (SSSR count). The second-order valence-electron chi connectivity index (χ2n) is 4.38. The quantitative estimate of drug-likeness (QED) is 0.221. The summed E-state index contributed by atoms with van der Waals surface area (Å²) in [6.45, 7) is 0.687. The summed E-state index contributed by atoms with van der Waals surface area (Å²) in [5, 5.41) is 39.4. The van der Waals surface area contributed by atoms with Crippen LogP contribution in [0.25, 0.3) is 0 Å². The van der Waals surface area contributed by atoms with Gasteiger partial charge in [0.1, 0.15) is 24.4 Å². The third-order valence-corrected chi connectivity index (χ3v) is 3.82. The van der Waals surface area contributed by atoms with Gasteiger partial charge < -0.3 is 30.5 Å². The fraction of sp³-hybridized carbons (Fsp3) is 0.875. The molecule has 1 aliphatic rings. The molecule has 5 atom stereocenters. The molecule has 0 bridgehead atoms. The van der Waals surface area contributed by atoms with E-state index in [0.717, 1.165) is 0 Å². The summed E-state index contributed by atoms with van der Waals surface area (Å²) in [5.74, 6) is -0.462. The third-order valence-electron chi connectivity index (χ3n) is 2.44. The molecule has 1 aliphatic heterocycles. The molecule has 24 heavy (non-hydrogen) atoms. The summed E-state index contributed by atoms with van der Waals surface area (Å²) in [7, 11) is -10.2. The number of ether oxygens (including phenoxy) is 1. The lowest BCUT2D eigenvalue weighted by molar-refractivity contribution is -0.253. The molecule has 1 heterocycles. The van der Waals surface area contributed by atoms with E-state index in [-0.39, 0.29) is 0 Å². The monoisotopic (exact) mass is 399 g/mol. The van der Waals surface area contributed by atoms with Crippen molar-refractivity contribution in [3.8, 4) is 0 Å². The van der Waals surface area contributed by atoms with Crippen molar-refractivity contribution in [2.24, 2.45) is 0 Å². The van der Waals surface area contributed by atoms with E-state index in [9.17, 15) is 36.9 Å². The van der Waals surface area contributed by atoms with Crippen LogP contribution >= 0.6 is 0 Å². The Labute approximate surface area is 136 Å². The number of hydrogen-bond acceptors (Lipinski definition) is 11. The van der Waals surface area contributed by atoms with Gasteiger partial charge in [-0.2, -0.15) is 16.8 Å². The summed E-state index contributed by atoms with van der Waals surface area (Å²) in [4.78, 5) is 10.7. The van der Waals surface area contributed by atoms with Crippen LogP contribution in [0.4, 0.5) is 0 Å². The van der Waals surface area contributed by atoms with Gasteiger partial charge in [-0.15, -0.1) is 3.63 Å². The van der Waals surface area contributed by atoms with Crippen molar-refractivity contribution in [3.63, 3.8) is 0 Å². The van der Waals surface area contributed by atoms with Gasteiger partial charge in [0.15, 0.2) is 6.29 Å². The van der Waals surface area contributed by atoms with Crippen molar-refractivity contribution in [1.82, 2.24) is 5.32 Å². The summed E-state index contributed by atoms with van der Waals surface area (Å²) < 4.78 is 60.4. The van der Waals surface area contributed by atoms with E-state index in [2.05, 4.69) is 8.95 Å². The van der Waals surface area contributed by atoms with Crippen LogP contribution in [0.2, 0.25) is 0 Å². The molecule has 0 aromatic carbocycles. The molecule has 0 spiro atoms. The van der Waals surface area contributed by atoms with Gasteiger partial charge in [0, 0.05) is 6.92 Å². The highest BCUT2D eigenvalue weighted by molar-refractivity contribution is 7.94. The number of nitrogens with one attached hydrogen (secondary N) is 1. The van der Waals surface area contributed by atoms with Crippen LogP contribution in [-0.4, -0.2) is 89.5 Å². The molecule has 16 heteroatoms. The molecule has 1 saturated heterocycles. The molecule has 0 saturated carbocycles. The second kappa shape index (κ2) is 8.94. The van der Waals surface area contributed by atoms with Crippen LogP contribution in [0.1, 0.15) is 6.92 Å². The predicted octanol–water partition coefficient (Wildman–Crippen LogP) is -4.47. The first-order chi connectivity index (χ1) is 10.7. The van der Waals surface area contributed by atoms with E-state index in [1.807, 2.05) is 0 Å².